The highest BCUT2D eigenvalue weighted by Gasteiger charge is 2.19. The number of nitrogens with zero attached hydrogens (tertiary/aromatic N) is 2. The van der Waals surface area contributed by atoms with Gasteiger partial charge in [-0.2, -0.15) is 0 Å². The summed E-state index contributed by atoms with van der Waals surface area (Å²) in [6.07, 6.45) is 0.958. The number of aldehydes is 1. The van der Waals surface area contributed by atoms with Crippen LogP contribution < -0.4 is 0 Å². The van der Waals surface area contributed by atoms with Crippen LogP contribution in [0.15, 0.2) is 24.3 Å². The van der Waals surface area contributed by atoms with E-state index in [1.165, 1.54) is 0 Å². The van der Waals surface area contributed by atoms with Gasteiger partial charge in [-0.3, -0.25) is 14.6 Å². The largest absolute Gasteiger partial charge is 0.298 e. The maximum atomic E-state index is 11.0. The first kappa shape index (κ1) is 13.2. The van der Waals surface area contributed by atoms with Crippen molar-refractivity contribution in [2.45, 2.75) is 26.4 Å². The molecule has 0 amide bonds. The molecule has 0 N–H and O–H groups in total. The fraction of sp³-hybridized carbons (Fsp3) is 0.533. The monoisotopic (exact) mass is 246 g/mol. The predicted octanol–water partition coefficient (Wildman–Crippen LogP) is 2.03. The Morgan fingerprint density at radius 3 is 2.44 bits per heavy atom. The Bertz CT molecular complexity index is 395. The lowest BCUT2D eigenvalue weighted by molar-refractivity contribution is 0.103. The molecule has 18 heavy (non-hydrogen) atoms. The van der Waals surface area contributed by atoms with Crippen LogP contribution in [0.3, 0.4) is 0 Å². The summed E-state index contributed by atoms with van der Waals surface area (Å²) in [5.41, 5.74) is 1.97. The van der Waals surface area contributed by atoms with Gasteiger partial charge in [0.05, 0.1) is 0 Å². The first-order valence-electron chi connectivity index (χ1n) is 6.70. The third-order valence-corrected chi connectivity index (χ3v) is 3.71. The van der Waals surface area contributed by atoms with E-state index >= 15 is 0 Å². The van der Waals surface area contributed by atoms with Crippen LogP contribution in [0.1, 0.15) is 29.8 Å². The van der Waals surface area contributed by atoms with Gasteiger partial charge >= 0.3 is 0 Å². The number of piperazine rings is 1. The zero-order chi connectivity index (χ0) is 13.0. The molecular formula is C15H22N2O. The molecule has 0 saturated carbocycles. The summed E-state index contributed by atoms with van der Waals surface area (Å²) in [6, 6.07) is 8.51. The van der Waals surface area contributed by atoms with Crippen LogP contribution in [0.25, 0.3) is 0 Å². The van der Waals surface area contributed by atoms with Crippen molar-refractivity contribution in [1.29, 1.82) is 0 Å². The van der Waals surface area contributed by atoms with Crippen molar-refractivity contribution >= 4 is 6.29 Å². The number of carbonyl (C=O) groups excluding carboxylic acids is 1. The number of hydrogen-bond donors (Lipinski definition) is 0. The van der Waals surface area contributed by atoms with Crippen molar-refractivity contribution < 1.29 is 4.79 Å². The van der Waals surface area contributed by atoms with Gasteiger partial charge in [0.15, 0.2) is 0 Å². The summed E-state index contributed by atoms with van der Waals surface area (Å²) in [7, 11) is 0. The van der Waals surface area contributed by atoms with Gasteiger partial charge in [-0.15, -0.1) is 0 Å². The van der Waals surface area contributed by atoms with E-state index in [2.05, 4.69) is 29.7 Å². The normalized spacial score (nSPS) is 18.2. The number of benzene rings is 1. The average Bonchev–Trinajstić information content (AvgIpc) is 2.40. The number of carbonyl (C=O) groups is 1. The Kier molecular flexibility index (Phi) is 4.50. The molecule has 98 valence electrons. The van der Waals surface area contributed by atoms with E-state index in [-0.39, 0.29) is 0 Å². The fourth-order valence-electron chi connectivity index (χ4n) is 2.47. The molecule has 0 spiro atoms. The van der Waals surface area contributed by atoms with Gasteiger partial charge in [-0.1, -0.05) is 24.3 Å². The van der Waals surface area contributed by atoms with Crippen molar-refractivity contribution in [3.05, 3.63) is 35.4 Å². The van der Waals surface area contributed by atoms with Crippen LogP contribution in [-0.2, 0) is 6.54 Å². The Morgan fingerprint density at radius 1 is 1.17 bits per heavy atom. The molecule has 0 bridgehead atoms. The van der Waals surface area contributed by atoms with Gasteiger partial charge in [0.1, 0.15) is 6.29 Å². The molecule has 1 aromatic carbocycles. The Labute approximate surface area is 109 Å². The van der Waals surface area contributed by atoms with Crippen LogP contribution in [0.4, 0.5) is 0 Å². The summed E-state index contributed by atoms with van der Waals surface area (Å²) in [6.45, 7) is 9.81. The standard InChI is InChI=1S/C15H22N2O/c1-13(2)17-9-7-16(8-10-17)11-14-5-3-4-6-15(14)12-18/h3-6,12-13H,7-11H2,1-2H3. The van der Waals surface area contributed by atoms with E-state index in [0.717, 1.165) is 50.1 Å². The van der Waals surface area contributed by atoms with Gasteiger partial charge < -0.3 is 0 Å². The molecule has 1 aromatic rings. The predicted molar refractivity (Wildman–Crippen MR) is 73.8 cm³/mol. The molecule has 0 aromatic heterocycles. The molecule has 1 saturated heterocycles. The Morgan fingerprint density at radius 2 is 1.83 bits per heavy atom. The minimum absolute atomic E-state index is 0.634. The molecule has 3 heteroatoms. The second-order valence-corrected chi connectivity index (χ2v) is 5.22. The van der Waals surface area contributed by atoms with E-state index in [4.69, 9.17) is 0 Å². The quantitative estimate of drug-likeness (QED) is 0.759. The molecule has 1 heterocycles. The third kappa shape index (κ3) is 3.18. The Hall–Kier alpha value is -1.19. The number of rotatable bonds is 4. The number of hydrogen-bond acceptors (Lipinski definition) is 3. The lowest BCUT2D eigenvalue weighted by atomic mass is 10.1. The molecule has 0 atom stereocenters. The molecule has 0 unspecified atom stereocenters. The molecule has 0 aliphatic carbocycles. The first-order valence-corrected chi connectivity index (χ1v) is 6.70. The SMILES string of the molecule is CC(C)N1CCN(Cc2ccccc2C=O)CC1. The maximum absolute atomic E-state index is 11.0. The second-order valence-electron chi connectivity index (χ2n) is 5.22. The molecule has 0 radical (unpaired) electrons. The first-order chi connectivity index (χ1) is 8.70. The molecule has 1 aliphatic rings. The van der Waals surface area contributed by atoms with Crippen molar-refractivity contribution in [3.8, 4) is 0 Å². The summed E-state index contributed by atoms with van der Waals surface area (Å²) >= 11 is 0. The van der Waals surface area contributed by atoms with Gasteiger partial charge in [0.2, 0.25) is 0 Å². The van der Waals surface area contributed by atoms with Crippen LogP contribution in [0, 0.1) is 0 Å². The van der Waals surface area contributed by atoms with Gasteiger partial charge in [-0.05, 0) is 19.4 Å². The van der Waals surface area contributed by atoms with E-state index in [9.17, 15) is 4.79 Å². The van der Waals surface area contributed by atoms with E-state index in [0.29, 0.717) is 6.04 Å². The third-order valence-electron chi connectivity index (χ3n) is 3.71. The molecule has 3 nitrogen and oxygen atoms in total. The topological polar surface area (TPSA) is 23.6 Å². The Balaban J connectivity index is 1.93. The van der Waals surface area contributed by atoms with Crippen molar-refractivity contribution in [1.82, 2.24) is 9.80 Å². The van der Waals surface area contributed by atoms with Crippen LogP contribution in [0.5, 0.6) is 0 Å². The van der Waals surface area contributed by atoms with Crippen LogP contribution in [0.2, 0.25) is 0 Å². The summed E-state index contributed by atoms with van der Waals surface area (Å²) < 4.78 is 0. The maximum Gasteiger partial charge on any atom is 0.150 e. The van der Waals surface area contributed by atoms with Crippen LogP contribution in [-0.4, -0.2) is 48.3 Å². The van der Waals surface area contributed by atoms with Crippen LogP contribution >= 0.6 is 0 Å². The lowest BCUT2D eigenvalue weighted by Gasteiger charge is -2.37. The summed E-state index contributed by atoms with van der Waals surface area (Å²) in [5.74, 6) is 0. The molecule has 1 aliphatic heterocycles. The minimum atomic E-state index is 0.634. The molecule has 2 rings (SSSR count). The highest BCUT2D eigenvalue weighted by Crippen LogP contribution is 2.13. The summed E-state index contributed by atoms with van der Waals surface area (Å²) in [4.78, 5) is 15.9. The zero-order valence-corrected chi connectivity index (χ0v) is 11.3. The van der Waals surface area contributed by atoms with Gasteiger partial charge in [-0.25, -0.2) is 0 Å². The average molecular weight is 246 g/mol. The minimum Gasteiger partial charge on any atom is -0.298 e. The smallest absolute Gasteiger partial charge is 0.150 e. The highest BCUT2D eigenvalue weighted by molar-refractivity contribution is 5.77. The second kappa shape index (κ2) is 6.12. The van der Waals surface area contributed by atoms with Crippen molar-refractivity contribution in [3.63, 3.8) is 0 Å². The van der Waals surface area contributed by atoms with E-state index in [1.54, 1.807) is 0 Å². The van der Waals surface area contributed by atoms with E-state index in [1.807, 2.05) is 18.2 Å². The van der Waals surface area contributed by atoms with E-state index < -0.39 is 0 Å². The molecular weight excluding hydrogens is 224 g/mol. The zero-order valence-electron chi connectivity index (χ0n) is 11.3. The highest BCUT2D eigenvalue weighted by atomic mass is 16.1. The van der Waals surface area contributed by atoms with Crippen molar-refractivity contribution in [2.75, 3.05) is 26.2 Å². The molecule has 1 fully saturated rings. The summed E-state index contributed by atoms with van der Waals surface area (Å²) in [5, 5.41) is 0. The van der Waals surface area contributed by atoms with Gasteiger partial charge in [0.25, 0.3) is 0 Å². The van der Waals surface area contributed by atoms with Crippen molar-refractivity contribution in [2.24, 2.45) is 0 Å². The van der Waals surface area contributed by atoms with Gasteiger partial charge in [0, 0.05) is 44.3 Å². The fourth-order valence-corrected chi connectivity index (χ4v) is 2.47. The lowest BCUT2D eigenvalue weighted by Crippen LogP contribution is -2.48.